The van der Waals surface area contributed by atoms with E-state index >= 15 is 0 Å². The van der Waals surface area contributed by atoms with Gasteiger partial charge >= 0.3 is 5.97 Å². The third kappa shape index (κ3) is 2.54. The predicted molar refractivity (Wildman–Crippen MR) is 80.5 cm³/mol. The molecule has 2 aliphatic rings. The van der Waals surface area contributed by atoms with E-state index in [0.29, 0.717) is 18.4 Å². The number of rotatable bonds is 6. The standard InChI is InChI=1S/C15H18FNO5S/c1-22-10-14(6-7-14)23(20,21)17-8-15(16,9-17)12-4-2-11(3-5-12)13(18)19/h2-5H,6-10H2,1H3,(H,18,19). The Kier molecular flexibility index (Phi) is 3.74. The highest BCUT2D eigenvalue weighted by atomic mass is 32.2. The third-order valence-electron chi connectivity index (χ3n) is 4.61. The molecular formula is C15H18FNO5S. The third-order valence-corrected chi connectivity index (χ3v) is 7.16. The average molecular weight is 343 g/mol. The second kappa shape index (κ2) is 5.25. The van der Waals surface area contributed by atoms with Gasteiger partial charge in [-0.1, -0.05) is 12.1 Å². The summed E-state index contributed by atoms with van der Waals surface area (Å²) >= 11 is 0. The van der Waals surface area contributed by atoms with Gasteiger partial charge in [0.05, 0.1) is 25.3 Å². The van der Waals surface area contributed by atoms with Crippen LogP contribution in [0.3, 0.4) is 0 Å². The number of ether oxygens (including phenoxy) is 1. The van der Waals surface area contributed by atoms with Crippen LogP contribution in [-0.4, -0.2) is 55.4 Å². The van der Waals surface area contributed by atoms with Crippen LogP contribution in [-0.2, 0) is 20.4 Å². The number of sulfonamides is 1. The lowest BCUT2D eigenvalue weighted by Crippen LogP contribution is -2.61. The number of hydrogen-bond acceptors (Lipinski definition) is 4. The van der Waals surface area contributed by atoms with Crippen LogP contribution in [0.4, 0.5) is 4.39 Å². The molecule has 0 bridgehead atoms. The molecule has 0 amide bonds. The molecule has 1 N–H and O–H groups in total. The van der Waals surface area contributed by atoms with E-state index in [0.717, 1.165) is 4.31 Å². The summed E-state index contributed by atoms with van der Waals surface area (Å²) in [6.07, 6.45) is 1.07. The van der Waals surface area contributed by atoms with E-state index in [2.05, 4.69) is 0 Å². The van der Waals surface area contributed by atoms with E-state index in [4.69, 9.17) is 9.84 Å². The molecule has 0 atom stereocenters. The lowest BCUT2D eigenvalue weighted by atomic mass is 9.89. The number of benzene rings is 1. The van der Waals surface area contributed by atoms with Crippen molar-refractivity contribution in [3.63, 3.8) is 0 Å². The highest BCUT2D eigenvalue weighted by molar-refractivity contribution is 7.90. The Morgan fingerprint density at radius 2 is 1.87 bits per heavy atom. The lowest BCUT2D eigenvalue weighted by molar-refractivity contribution is 0.0162. The Bertz CT molecular complexity index is 721. The summed E-state index contributed by atoms with van der Waals surface area (Å²) in [5, 5.41) is 8.85. The number of carboxylic acids is 1. The van der Waals surface area contributed by atoms with Gasteiger partial charge in [0.2, 0.25) is 10.0 Å². The average Bonchev–Trinajstić information content (AvgIpc) is 3.26. The monoisotopic (exact) mass is 343 g/mol. The van der Waals surface area contributed by atoms with Crippen molar-refractivity contribution in [1.82, 2.24) is 4.31 Å². The Morgan fingerprint density at radius 3 is 2.30 bits per heavy atom. The van der Waals surface area contributed by atoms with Crippen molar-refractivity contribution in [3.8, 4) is 0 Å². The number of carboxylic acid groups (broad SMARTS) is 1. The highest BCUT2D eigenvalue weighted by Crippen LogP contribution is 2.49. The summed E-state index contributed by atoms with van der Waals surface area (Å²) in [5.41, 5.74) is -1.41. The number of hydrogen-bond donors (Lipinski definition) is 1. The van der Waals surface area contributed by atoms with Crippen molar-refractivity contribution in [1.29, 1.82) is 0 Å². The number of nitrogens with zero attached hydrogens (tertiary/aromatic N) is 1. The smallest absolute Gasteiger partial charge is 0.335 e. The lowest BCUT2D eigenvalue weighted by Gasteiger charge is -2.45. The van der Waals surface area contributed by atoms with Crippen LogP contribution in [0.2, 0.25) is 0 Å². The van der Waals surface area contributed by atoms with Crippen LogP contribution in [0.25, 0.3) is 0 Å². The maximum absolute atomic E-state index is 14.9. The molecule has 0 aromatic heterocycles. The molecule has 1 saturated carbocycles. The van der Waals surface area contributed by atoms with E-state index in [1.165, 1.54) is 31.4 Å². The van der Waals surface area contributed by atoms with Crippen LogP contribution in [0, 0.1) is 0 Å². The molecule has 0 spiro atoms. The van der Waals surface area contributed by atoms with Gasteiger partial charge in [0, 0.05) is 7.11 Å². The zero-order valence-corrected chi connectivity index (χ0v) is 13.5. The summed E-state index contributed by atoms with van der Waals surface area (Å²) < 4.78 is 45.2. The van der Waals surface area contributed by atoms with E-state index in [9.17, 15) is 17.6 Å². The largest absolute Gasteiger partial charge is 0.478 e. The van der Waals surface area contributed by atoms with Gasteiger partial charge in [-0.05, 0) is 30.5 Å². The SMILES string of the molecule is COCC1(S(=O)(=O)N2CC(F)(c3ccc(C(=O)O)cc3)C2)CC1. The maximum Gasteiger partial charge on any atom is 0.335 e. The first-order valence-corrected chi connectivity index (χ1v) is 8.70. The second-order valence-corrected chi connectivity index (χ2v) is 8.57. The number of methoxy groups -OCH3 is 1. The Labute approximate surface area is 133 Å². The minimum Gasteiger partial charge on any atom is -0.478 e. The van der Waals surface area contributed by atoms with Crippen molar-refractivity contribution < 1.29 is 27.4 Å². The zero-order chi connectivity index (χ0) is 16.9. The minimum absolute atomic E-state index is 0.0678. The van der Waals surface area contributed by atoms with Crippen molar-refractivity contribution in [2.75, 3.05) is 26.8 Å². The molecule has 6 nitrogen and oxygen atoms in total. The summed E-state index contributed by atoms with van der Waals surface area (Å²) in [7, 11) is -2.13. The van der Waals surface area contributed by atoms with Crippen LogP contribution in [0.5, 0.6) is 0 Å². The van der Waals surface area contributed by atoms with E-state index in [1.807, 2.05) is 0 Å². The Hall–Kier alpha value is -1.51. The number of alkyl halides is 1. The summed E-state index contributed by atoms with van der Waals surface area (Å²) in [6, 6.07) is 5.44. The zero-order valence-electron chi connectivity index (χ0n) is 12.7. The van der Waals surface area contributed by atoms with Crippen LogP contribution in [0.15, 0.2) is 24.3 Å². The second-order valence-electron chi connectivity index (χ2n) is 6.24. The highest BCUT2D eigenvalue weighted by Gasteiger charge is 2.61. The van der Waals surface area contributed by atoms with Crippen LogP contribution in [0.1, 0.15) is 28.8 Å². The fourth-order valence-electron chi connectivity index (χ4n) is 2.93. The maximum atomic E-state index is 14.9. The Balaban J connectivity index is 1.73. The fraction of sp³-hybridized carbons (Fsp3) is 0.533. The molecule has 23 heavy (non-hydrogen) atoms. The Morgan fingerprint density at radius 1 is 1.30 bits per heavy atom. The van der Waals surface area contributed by atoms with Gasteiger partial charge in [-0.3, -0.25) is 0 Å². The van der Waals surface area contributed by atoms with Crippen molar-refractivity contribution in [3.05, 3.63) is 35.4 Å². The molecule has 0 radical (unpaired) electrons. The number of aromatic carboxylic acids is 1. The number of carbonyl (C=O) groups is 1. The molecule has 3 rings (SSSR count). The molecule has 1 aromatic carbocycles. The van der Waals surface area contributed by atoms with Crippen LogP contribution >= 0.6 is 0 Å². The van der Waals surface area contributed by atoms with Crippen LogP contribution < -0.4 is 0 Å². The molecular weight excluding hydrogens is 325 g/mol. The fourth-order valence-corrected chi connectivity index (χ4v) is 5.11. The first-order chi connectivity index (χ1) is 10.7. The van der Waals surface area contributed by atoms with Crippen molar-refractivity contribution >= 4 is 16.0 Å². The number of halogens is 1. The van der Waals surface area contributed by atoms with Crippen molar-refractivity contribution in [2.45, 2.75) is 23.3 Å². The minimum atomic E-state index is -3.58. The quantitative estimate of drug-likeness (QED) is 0.843. The van der Waals surface area contributed by atoms with Gasteiger partial charge in [-0.15, -0.1) is 0 Å². The molecule has 0 unspecified atom stereocenters. The predicted octanol–water partition coefficient (Wildman–Crippen LogP) is 1.37. The van der Waals surface area contributed by atoms with Gasteiger partial charge in [-0.25, -0.2) is 17.6 Å². The topological polar surface area (TPSA) is 83.9 Å². The molecule has 1 aliphatic heterocycles. The summed E-state index contributed by atoms with van der Waals surface area (Å²) in [5.74, 6) is -1.09. The molecule has 1 saturated heterocycles. The normalized spacial score (nSPS) is 22.3. The van der Waals surface area contributed by atoms with Crippen molar-refractivity contribution in [2.24, 2.45) is 0 Å². The van der Waals surface area contributed by atoms with E-state index in [-0.39, 0.29) is 25.3 Å². The molecule has 2 fully saturated rings. The van der Waals surface area contributed by atoms with Gasteiger partial charge < -0.3 is 9.84 Å². The molecule has 8 heteroatoms. The first-order valence-electron chi connectivity index (χ1n) is 7.26. The van der Waals surface area contributed by atoms with Gasteiger partial charge in [-0.2, -0.15) is 4.31 Å². The molecule has 126 valence electrons. The summed E-state index contributed by atoms with van der Waals surface area (Å²) in [4.78, 5) is 10.8. The van der Waals surface area contributed by atoms with E-state index < -0.39 is 26.4 Å². The molecule has 1 heterocycles. The summed E-state index contributed by atoms with van der Waals surface area (Å²) in [6.45, 7) is -0.362. The van der Waals surface area contributed by atoms with Gasteiger partial charge in [0.1, 0.15) is 4.75 Å². The molecule has 1 aliphatic carbocycles. The van der Waals surface area contributed by atoms with E-state index in [1.54, 1.807) is 0 Å². The first kappa shape index (κ1) is 16.4. The van der Waals surface area contributed by atoms with Gasteiger partial charge in [0.25, 0.3) is 0 Å². The molecule has 1 aromatic rings. The van der Waals surface area contributed by atoms with Gasteiger partial charge in [0.15, 0.2) is 5.67 Å².